The molecule has 0 saturated heterocycles. The van der Waals surface area contributed by atoms with Crippen LogP contribution in [0.15, 0.2) is 71.6 Å². The minimum Gasteiger partial charge on any atom is -0.496 e. The SMILES string of the molecule is COc1ccc(C(=O)Nc2cccc(F)c2)cc1CSc1ccc(Cl)cc1. The number of methoxy groups -OCH3 is 1. The number of nitrogens with one attached hydrogen (secondary N) is 1. The molecule has 138 valence electrons. The van der Waals surface area contributed by atoms with Crippen LogP contribution >= 0.6 is 23.4 Å². The Balaban J connectivity index is 1.75. The molecule has 0 radical (unpaired) electrons. The number of thioether (sulfide) groups is 1. The molecule has 27 heavy (non-hydrogen) atoms. The van der Waals surface area contributed by atoms with E-state index in [1.165, 1.54) is 12.1 Å². The highest BCUT2D eigenvalue weighted by Crippen LogP contribution is 2.29. The van der Waals surface area contributed by atoms with Gasteiger partial charge >= 0.3 is 0 Å². The molecule has 0 heterocycles. The predicted octanol–water partition coefficient (Wildman–Crippen LogP) is 6.03. The lowest BCUT2D eigenvalue weighted by Gasteiger charge is -2.11. The van der Waals surface area contributed by atoms with Crippen LogP contribution in [0.4, 0.5) is 10.1 Å². The Bertz CT molecular complexity index is 947. The number of hydrogen-bond acceptors (Lipinski definition) is 3. The van der Waals surface area contributed by atoms with Gasteiger partial charge in [-0.2, -0.15) is 0 Å². The Morgan fingerprint density at radius 1 is 1.11 bits per heavy atom. The second-order valence-electron chi connectivity index (χ2n) is 5.73. The molecule has 0 saturated carbocycles. The summed E-state index contributed by atoms with van der Waals surface area (Å²) in [5.41, 5.74) is 1.78. The van der Waals surface area contributed by atoms with Crippen molar-refractivity contribution in [2.75, 3.05) is 12.4 Å². The van der Waals surface area contributed by atoms with Gasteiger partial charge in [0, 0.05) is 32.5 Å². The maximum absolute atomic E-state index is 13.3. The minimum absolute atomic E-state index is 0.305. The van der Waals surface area contributed by atoms with E-state index in [4.69, 9.17) is 16.3 Å². The first kappa shape index (κ1) is 19.3. The fourth-order valence-corrected chi connectivity index (χ4v) is 3.50. The van der Waals surface area contributed by atoms with Crippen molar-refractivity contribution in [1.82, 2.24) is 0 Å². The van der Waals surface area contributed by atoms with E-state index in [0.29, 0.717) is 27.8 Å². The van der Waals surface area contributed by atoms with Crippen LogP contribution in [0.25, 0.3) is 0 Å². The number of anilines is 1. The van der Waals surface area contributed by atoms with Gasteiger partial charge in [-0.05, 0) is 60.7 Å². The van der Waals surface area contributed by atoms with Gasteiger partial charge in [-0.25, -0.2) is 4.39 Å². The third-order valence-corrected chi connectivity index (χ3v) is 5.15. The molecule has 3 nitrogen and oxygen atoms in total. The molecule has 3 aromatic carbocycles. The van der Waals surface area contributed by atoms with Crippen molar-refractivity contribution >= 4 is 35.0 Å². The summed E-state index contributed by atoms with van der Waals surface area (Å²) in [6, 6.07) is 18.6. The van der Waals surface area contributed by atoms with Gasteiger partial charge in [0.1, 0.15) is 11.6 Å². The molecule has 1 amide bonds. The highest BCUT2D eigenvalue weighted by Gasteiger charge is 2.11. The van der Waals surface area contributed by atoms with Crippen LogP contribution in [0.2, 0.25) is 5.02 Å². The summed E-state index contributed by atoms with van der Waals surface area (Å²) >= 11 is 7.53. The Kier molecular flexibility index (Phi) is 6.37. The lowest BCUT2D eigenvalue weighted by molar-refractivity contribution is 0.102. The van der Waals surface area contributed by atoms with Gasteiger partial charge in [-0.1, -0.05) is 17.7 Å². The van der Waals surface area contributed by atoms with Crippen LogP contribution in [0, 0.1) is 5.82 Å². The van der Waals surface area contributed by atoms with Gasteiger partial charge in [0.05, 0.1) is 7.11 Å². The summed E-state index contributed by atoms with van der Waals surface area (Å²) in [5, 5.41) is 3.39. The lowest BCUT2D eigenvalue weighted by Crippen LogP contribution is -2.12. The number of halogens is 2. The molecule has 0 aromatic heterocycles. The van der Waals surface area contributed by atoms with Crippen LogP contribution in [0.3, 0.4) is 0 Å². The van der Waals surface area contributed by atoms with Crippen molar-refractivity contribution in [3.8, 4) is 5.75 Å². The summed E-state index contributed by atoms with van der Waals surface area (Å²) in [5.74, 6) is 0.633. The summed E-state index contributed by atoms with van der Waals surface area (Å²) in [6.07, 6.45) is 0. The monoisotopic (exact) mass is 401 g/mol. The number of hydrogen-bond donors (Lipinski definition) is 1. The summed E-state index contributed by atoms with van der Waals surface area (Å²) < 4.78 is 18.7. The molecule has 0 spiro atoms. The van der Waals surface area contributed by atoms with E-state index in [1.54, 1.807) is 49.2 Å². The molecule has 1 N–H and O–H groups in total. The van der Waals surface area contributed by atoms with Gasteiger partial charge in [0.2, 0.25) is 0 Å². The van der Waals surface area contributed by atoms with Gasteiger partial charge in [0.15, 0.2) is 0 Å². The van der Waals surface area contributed by atoms with Crippen LogP contribution in [-0.4, -0.2) is 13.0 Å². The predicted molar refractivity (Wildman–Crippen MR) is 108 cm³/mol. The highest BCUT2D eigenvalue weighted by molar-refractivity contribution is 7.98. The highest BCUT2D eigenvalue weighted by atomic mass is 35.5. The molecule has 3 rings (SSSR count). The first-order valence-electron chi connectivity index (χ1n) is 8.17. The maximum atomic E-state index is 13.3. The van der Waals surface area contributed by atoms with E-state index in [0.717, 1.165) is 10.5 Å². The third kappa shape index (κ3) is 5.25. The van der Waals surface area contributed by atoms with E-state index in [1.807, 2.05) is 24.3 Å². The third-order valence-electron chi connectivity index (χ3n) is 3.83. The molecule has 0 fully saturated rings. The zero-order valence-electron chi connectivity index (χ0n) is 14.5. The summed E-state index contributed by atoms with van der Waals surface area (Å²) in [6.45, 7) is 0. The number of carbonyl (C=O) groups excluding carboxylic acids is 1. The van der Waals surface area contributed by atoms with Crippen molar-refractivity contribution in [3.05, 3.63) is 88.7 Å². The van der Waals surface area contributed by atoms with Crippen LogP contribution < -0.4 is 10.1 Å². The molecule has 0 aliphatic rings. The Hall–Kier alpha value is -2.50. The van der Waals surface area contributed by atoms with E-state index in [-0.39, 0.29) is 5.91 Å². The van der Waals surface area contributed by atoms with Gasteiger partial charge in [-0.15, -0.1) is 11.8 Å². The summed E-state index contributed by atoms with van der Waals surface area (Å²) in [4.78, 5) is 13.6. The number of ether oxygens (including phenoxy) is 1. The smallest absolute Gasteiger partial charge is 0.255 e. The lowest BCUT2D eigenvalue weighted by atomic mass is 10.1. The first-order valence-corrected chi connectivity index (χ1v) is 9.54. The van der Waals surface area contributed by atoms with Crippen molar-refractivity contribution in [2.45, 2.75) is 10.6 Å². The van der Waals surface area contributed by atoms with E-state index in [2.05, 4.69) is 5.32 Å². The van der Waals surface area contributed by atoms with Gasteiger partial charge in [0.25, 0.3) is 5.91 Å². The summed E-state index contributed by atoms with van der Waals surface area (Å²) in [7, 11) is 1.60. The first-order chi connectivity index (χ1) is 13.0. The van der Waals surface area contributed by atoms with Crippen molar-refractivity contribution < 1.29 is 13.9 Å². The van der Waals surface area contributed by atoms with Gasteiger partial charge < -0.3 is 10.1 Å². The van der Waals surface area contributed by atoms with Gasteiger partial charge in [-0.3, -0.25) is 4.79 Å². The molecule has 0 bridgehead atoms. The number of benzene rings is 3. The van der Waals surface area contributed by atoms with E-state index < -0.39 is 5.82 Å². The standard InChI is InChI=1S/C21H17ClFNO2S/c1-26-20-10-5-14(21(25)24-18-4-2-3-17(23)12-18)11-15(20)13-27-19-8-6-16(22)7-9-19/h2-12H,13H2,1H3,(H,24,25). The van der Waals surface area contributed by atoms with Crippen LogP contribution in [-0.2, 0) is 5.75 Å². The molecule has 0 atom stereocenters. The average molecular weight is 402 g/mol. The zero-order valence-corrected chi connectivity index (χ0v) is 16.1. The molecule has 6 heteroatoms. The maximum Gasteiger partial charge on any atom is 0.255 e. The van der Waals surface area contributed by atoms with Crippen molar-refractivity contribution in [1.29, 1.82) is 0 Å². The topological polar surface area (TPSA) is 38.3 Å². The minimum atomic E-state index is -0.400. The average Bonchev–Trinajstić information content (AvgIpc) is 2.67. The zero-order chi connectivity index (χ0) is 19.2. The number of carbonyl (C=O) groups is 1. The number of rotatable bonds is 6. The van der Waals surface area contributed by atoms with Crippen LogP contribution in [0.5, 0.6) is 5.75 Å². The molecule has 0 aliphatic heterocycles. The molecule has 0 aliphatic carbocycles. The fourth-order valence-electron chi connectivity index (χ4n) is 2.49. The molecular formula is C21H17ClFNO2S. The quantitative estimate of drug-likeness (QED) is 0.512. The van der Waals surface area contributed by atoms with Crippen LogP contribution in [0.1, 0.15) is 15.9 Å². The second kappa shape index (κ2) is 8.93. The molecule has 0 unspecified atom stereocenters. The molecule has 3 aromatic rings. The van der Waals surface area contributed by atoms with E-state index in [9.17, 15) is 9.18 Å². The normalized spacial score (nSPS) is 10.5. The Labute approximate surface area is 166 Å². The van der Waals surface area contributed by atoms with Crippen molar-refractivity contribution in [3.63, 3.8) is 0 Å². The van der Waals surface area contributed by atoms with E-state index >= 15 is 0 Å². The second-order valence-corrected chi connectivity index (χ2v) is 7.22. The largest absolute Gasteiger partial charge is 0.496 e. The van der Waals surface area contributed by atoms with Crippen molar-refractivity contribution in [2.24, 2.45) is 0 Å². The Morgan fingerprint density at radius 3 is 2.59 bits per heavy atom. The number of amides is 1. The Morgan fingerprint density at radius 2 is 1.89 bits per heavy atom. The fraction of sp³-hybridized carbons (Fsp3) is 0.0952. The molecular weight excluding hydrogens is 385 g/mol.